The highest BCUT2D eigenvalue weighted by atomic mass is 32.2. The van der Waals surface area contributed by atoms with Crippen LogP contribution in [0.15, 0.2) is 59.5 Å². The molecular weight excluding hydrogens is 429 g/mol. The maximum Gasteiger partial charge on any atom is 0.416 e. The molecule has 2 aromatic carbocycles. The van der Waals surface area contributed by atoms with Gasteiger partial charge in [0.2, 0.25) is 15.9 Å². The third-order valence-corrected chi connectivity index (χ3v) is 7.41. The number of piperidine rings is 1. The molecule has 1 heterocycles. The molecule has 0 bridgehead atoms. The number of halogens is 3. The summed E-state index contributed by atoms with van der Waals surface area (Å²) in [6, 6.07) is 13.4. The van der Waals surface area contributed by atoms with Gasteiger partial charge in [-0.15, -0.1) is 0 Å². The molecule has 31 heavy (non-hydrogen) atoms. The summed E-state index contributed by atoms with van der Waals surface area (Å²) in [5.41, 5.74) is 0.0143. The van der Waals surface area contributed by atoms with Gasteiger partial charge < -0.3 is 4.90 Å². The van der Waals surface area contributed by atoms with E-state index in [-0.39, 0.29) is 29.8 Å². The number of nitrogens with zero attached hydrogens (tertiary/aromatic N) is 2. The third-order valence-electron chi connectivity index (χ3n) is 5.51. The monoisotopic (exact) mass is 454 g/mol. The van der Waals surface area contributed by atoms with E-state index in [0.717, 1.165) is 17.7 Å². The number of alkyl halides is 3. The molecule has 0 unspecified atom stereocenters. The van der Waals surface area contributed by atoms with Crippen LogP contribution in [0.25, 0.3) is 0 Å². The Labute approximate surface area is 180 Å². The first-order valence-corrected chi connectivity index (χ1v) is 11.6. The van der Waals surface area contributed by atoms with Crippen molar-refractivity contribution in [2.45, 2.75) is 37.4 Å². The van der Waals surface area contributed by atoms with Gasteiger partial charge in [0.1, 0.15) is 0 Å². The zero-order chi connectivity index (χ0) is 22.6. The smallest absolute Gasteiger partial charge is 0.338 e. The molecule has 0 aromatic heterocycles. The molecule has 1 amide bonds. The van der Waals surface area contributed by atoms with E-state index in [1.165, 1.54) is 10.4 Å². The predicted octanol–water partition coefficient (Wildman–Crippen LogP) is 4.15. The molecule has 168 valence electrons. The fraction of sp³-hybridized carbons (Fsp3) is 0.409. The molecule has 1 aliphatic heterocycles. The number of hydrogen-bond acceptors (Lipinski definition) is 3. The lowest BCUT2D eigenvalue weighted by Gasteiger charge is -2.33. The van der Waals surface area contributed by atoms with Crippen LogP contribution in [0.3, 0.4) is 0 Å². The van der Waals surface area contributed by atoms with Crippen LogP contribution in [0.5, 0.6) is 0 Å². The molecule has 1 fully saturated rings. The molecule has 9 heteroatoms. The third kappa shape index (κ3) is 5.46. The molecular formula is C22H25F3N2O3S. The lowest BCUT2D eigenvalue weighted by molar-refractivity contribution is -0.138. The summed E-state index contributed by atoms with van der Waals surface area (Å²) in [7, 11) is -4.06. The summed E-state index contributed by atoms with van der Waals surface area (Å²) in [6.07, 6.45) is -3.95. The maximum absolute atomic E-state index is 13.0. The quantitative estimate of drug-likeness (QED) is 0.659. The molecule has 3 rings (SSSR count). The highest BCUT2D eigenvalue weighted by Gasteiger charge is 2.36. The van der Waals surface area contributed by atoms with Crippen LogP contribution in [-0.4, -0.2) is 43.2 Å². The second-order valence-electron chi connectivity index (χ2n) is 7.54. The van der Waals surface area contributed by atoms with E-state index < -0.39 is 21.8 Å². The minimum atomic E-state index is -4.62. The van der Waals surface area contributed by atoms with Gasteiger partial charge in [-0.25, -0.2) is 8.42 Å². The Bertz CT molecular complexity index is 1000. The van der Waals surface area contributed by atoms with Crippen molar-refractivity contribution in [3.8, 4) is 0 Å². The summed E-state index contributed by atoms with van der Waals surface area (Å²) in [5.74, 6) is -0.334. The molecule has 0 spiro atoms. The summed E-state index contributed by atoms with van der Waals surface area (Å²) < 4.78 is 65.7. The van der Waals surface area contributed by atoms with Crippen molar-refractivity contribution in [2.24, 2.45) is 5.92 Å². The highest BCUT2D eigenvalue weighted by Crippen LogP contribution is 2.32. The van der Waals surface area contributed by atoms with Crippen molar-refractivity contribution >= 4 is 15.9 Å². The molecule has 2 aromatic rings. The number of rotatable bonds is 6. The Morgan fingerprint density at radius 3 is 2.29 bits per heavy atom. The van der Waals surface area contributed by atoms with Crippen molar-refractivity contribution in [2.75, 3.05) is 19.6 Å². The van der Waals surface area contributed by atoms with E-state index in [4.69, 9.17) is 0 Å². The number of benzene rings is 2. The summed E-state index contributed by atoms with van der Waals surface area (Å²) in [5, 5.41) is 0. The highest BCUT2D eigenvalue weighted by molar-refractivity contribution is 7.89. The van der Waals surface area contributed by atoms with Gasteiger partial charge in [-0.2, -0.15) is 17.5 Å². The number of hydrogen-bond donors (Lipinski definition) is 0. The average Bonchev–Trinajstić information content (AvgIpc) is 2.77. The minimum Gasteiger partial charge on any atom is -0.338 e. The Morgan fingerprint density at radius 1 is 1.06 bits per heavy atom. The summed E-state index contributed by atoms with van der Waals surface area (Å²) in [4.78, 5) is 14.3. The predicted molar refractivity (Wildman–Crippen MR) is 110 cm³/mol. The largest absolute Gasteiger partial charge is 0.416 e. The average molecular weight is 455 g/mol. The zero-order valence-corrected chi connectivity index (χ0v) is 18.0. The van der Waals surface area contributed by atoms with Crippen molar-refractivity contribution in [3.63, 3.8) is 0 Å². The number of sulfonamides is 1. The Balaban J connectivity index is 1.66. The fourth-order valence-electron chi connectivity index (χ4n) is 3.73. The first-order chi connectivity index (χ1) is 14.6. The van der Waals surface area contributed by atoms with Crippen molar-refractivity contribution < 1.29 is 26.4 Å². The SMILES string of the molecule is CCN(Cc1ccccc1)C(=O)C1CCN(S(=O)(=O)c2cccc(C(F)(F)F)c2)CC1. The number of carbonyl (C=O) groups excluding carboxylic acids is 1. The summed E-state index contributed by atoms with van der Waals surface area (Å²) in [6.45, 7) is 3.11. The van der Waals surface area contributed by atoms with E-state index in [0.29, 0.717) is 32.0 Å². The topological polar surface area (TPSA) is 57.7 Å². The summed E-state index contributed by atoms with van der Waals surface area (Å²) >= 11 is 0. The van der Waals surface area contributed by atoms with Gasteiger partial charge in [-0.05, 0) is 43.5 Å². The van der Waals surface area contributed by atoms with E-state index >= 15 is 0 Å². The van der Waals surface area contributed by atoms with E-state index in [9.17, 15) is 26.4 Å². The second-order valence-corrected chi connectivity index (χ2v) is 9.48. The standard InChI is InChI=1S/C22H25F3N2O3S/c1-2-26(16-17-7-4-3-5-8-17)21(28)18-11-13-27(14-12-18)31(29,30)20-10-6-9-19(15-20)22(23,24)25/h3-10,15,18H,2,11-14,16H2,1H3. The Hall–Kier alpha value is -2.39. The van der Waals surface area contributed by atoms with Crippen LogP contribution < -0.4 is 0 Å². The fourth-order valence-corrected chi connectivity index (χ4v) is 5.25. The molecule has 0 N–H and O–H groups in total. The molecule has 1 aliphatic rings. The molecule has 5 nitrogen and oxygen atoms in total. The van der Waals surface area contributed by atoms with Crippen LogP contribution in [0.4, 0.5) is 13.2 Å². The van der Waals surface area contributed by atoms with Gasteiger partial charge in [0, 0.05) is 32.1 Å². The van der Waals surface area contributed by atoms with Crippen molar-refractivity contribution in [1.82, 2.24) is 9.21 Å². The lowest BCUT2D eigenvalue weighted by atomic mass is 9.96. The first kappa shape index (κ1) is 23.3. The van der Waals surface area contributed by atoms with Gasteiger partial charge in [0.15, 0.2) is 0 Å². The van der Waals surface area contributed by atoms with Gasteiger partial charge in [0.05, 0.1) is 10.5 Å². The van der Waals surface area contributed by atoms with Gasteiger partial charge >= 0.3 is 6.18 Å². The van der Waals surface area contributed by atoms with Crippen LogP contribution >= 0.6 is 0 Å². The van der Waals surface area contributed by atoms with E-state index in [1.54, 1.807) is 4.90 Å². The zero-order valence-electron chi connectivity index (χ0n) is 17.2. The normalized spacial score (nSPS) is 16.3. The van der Waals surface area contributed by atoms with Crippen LogP contribution in [0, 0.1) is 5.92 Å². The maximum atomic E-state index is 13.0. The molecule has 0 aliphatic carbocycles. The first-order valence-electron chi connectivity index (χ1n) is 10.1. The lowest BCUT2D eigenvalue weighted by Crippen LogP contribution is -2.44. The van der Waals surface area contributed by atoms with Crippen LogP contribution in [0.2, 0.25) is 0 Å². The molecule has 0 atom stereocenters. The van der Waals surface area contributed by atoms with E-state index in [2.05, 4.69) is 0 Å². The number of carbonyl (C=O) groups is 1. The Kier molecular flexibility index (Phi) is 7.06. The van der Waals surface area contributed by atoms with Gasteiger partial charge in [0.25, 0.3) is 0 Å². The molecule has 0 saturated carbocycles. The minimum absolute atomic E-state index is 0.0255. The molecule has 1 saturated heterocycles. The second kappa shape index (κ2) is 9.40. The van der Waals surface area contributed by atoms with Gasteiger partial charge in [-0.1, -0.05) is 36.4 Å². The van der Waals surface area contributed by atoms with E-state index in [1.807, 2.05) is 37.3 Å². The molecule has 0 radical (unpaired) electrons. The van der Waals surface area contributed by atoms with Gasteiger partial charge in [-0.3, -0.25) is 4.79 Å². The van der Waals surface area contributed by atoms with Crippen molar-refractivity contribution in [1.29, 1.82) is 0 Å². The number of amides is 1. The Morgan fingerprint density at radius 2 is 1.71 bits per heavy atom. The van der Waals surface area contributed by atoms with Crippen LogP contribution in [-0.2, 0) is 27.5 Å². The van der Waals surface area contributed by atoms with Crippen molar-refractivity contribution in [3.05, 3.63) is 65.7 Å². The van der Waals surface area contributed by atoms with Crippen LogP contribution in [0.1, 0.15) is 30.9 Å².